The van der Waals surface area contributed by atoms with Crippen molar-refractivity contribution in [2.75, 3.05) is 18.1 Å². The fourth-order valence-corrected chi connectivity index (χ4v) is 2.57. The van der Waals surface area contributed by atoms with Gasteiger partial charge in [-0.3, -0.25) is 4.98 Å². The van der Waals surface area contributed by atoms with E-state index >= 15 is 0 Å². The summed E-state index contributed by atoms with van der Waals surface area (Å²) < 4.78 is 5.78. The number of fused-ring (bicyclic) bond motifs is 1. The number of benzene rings is 1. The van der Waals surface area contributed by atoms with Gasteiger partial charge in [-0.15, -0.1) is 11.6 Å². The maximum absolute atomic E-state index is 6.02. The van der Waals surface area contributed by atoms with Gasteiger partial charge in [-0.2, -0.15) is 0 Å². The predicted molar refractivity (Wildman–Crippen MR) is 77.4 cm³/mol. The zero-order chi connectivity index (χ0) is 13.1. The van der Waals surface area contributed by atoms with Gasteiger partial charge >= 0.3 is 0 Å². The Hall–Kier alpha value is -1.74. The van der Waals surface area contributed by atoms with Gasteiger partial charge in [0.1, 0.15) is 5.75 Å². The smallest absolute Gasteiger partial charge is 0.142 e. The van der Waals surface area contributed by atoms with E-state index in [-0.39, 0.29) is 0 Å². The van der Waals surface area contributed by atoms with E-state index in [1.807, 2.05) is 30.5 Å². The van der Waals surface area contributed by atoms with Crippen LogP contribution in [0.2, 0.25) is 0 Å². The van der Waals surface area contributed by atoms with Gasteiger partial charge in [0.25, 0.3) is 0 Å². The van der Waals surface area contributed by atoms with Crippen LogP contribution in [0.4, 0.5) is 11.4 Å². The van der Waals surface area contributed by atoms with E-state index in [0.717, 1.165) is 42.3 Å². The largest absolute Gasteiger partial charge is 0.491 e. The molecule has 0 bridgehead atoms. The van der Waals surface area contributed by atoms with Gasteiger partial charge in [-0.05, 0) is 24.6 Å². The van der Waals surface area contributed by atoms with E-state index in [0.29, 0.717) is 5.88 Å². The second kappa shape index (κ2) is 5.49. The van der Waals surface area contributed by atoms with Crippen LogP contribution < -0.4 is 9.64 Å². The highest BCUT2D eigenvalue weighted by molar-refractivity contribution is 6.17. The molecule has 3 rings (SSSR count). The van der Waals surface area contributed by atoms with Gasteiger partial charge in [0.05, 0.1) is 18.2 Å². The normalized spacial score (nSPS) is 14.5. The number of nitrogens with zero attached hydrogens (tertiary/aromatic N) is 2. The Morgan fingerprint density at radius 1 is 1.21 bits per heavy atom. The Bertz CT molecular complexity index is 574. The van der Waals surface area contributed by atoms with Crippen LogP contribution in [0.5, 0.6) is 5.75 Å². The van der Waals surface area contributed by atoms with Crippen molar-refractivity contribution in [2.45, 2.75) is 12.3 Å². The quantitative estimate of drug-likeness (QED) is 0.780. The average Bonchev–Trinajstić information content (AvgIpc) is 2.69. The number of hydrogen-bond acceptors (Lipinski definition) is 3. The summed E-state index contributed by atoms with van der Waals surface area (Å²) in [6.07, 6.45) is 4.62. The van der Waals surface area contributed by atoms with Crippen molar-refractivity contribution in [3.05, 3.63) is 48.3 Å². The summed E-state index contributed by atoms with van der Waals surface area (Å²) >= 11 is 6.02. The van der Waals surface area contributed by atoms with Crippen molar-refractivity contribution < 1.29 is 4.74 Å². The zero-order valence-electron chi connectivity index (χ0n) is 10.6. The number of hydrogen-bond donors (Lipinski definition) is 0. The molecule has 0 amide bonds. The number of ether oxygens (including phenoxy) is 1. The first-order chi connectivity index (χ1) is 9.40. The van der Waals surface area contributed by atoms with Crippen molar-refractivity contribution in [2.24, 2.45) is 0 Å². The van der Waals surface area contributed by atoms with E-state index in [1.54, 1.807) is 6.20 Å². The lowest BCUT2D eigenvalue weighted by Crippen LogP contribution is -2.19. The van der Waals surface area contributed by atoms with E-state index in [2.05, 4.69) is 16.0 Å². The van der Waals surface area contributed by atoms with Crippen LogP contribution in [0.15, 0.2) is 42.7 Å². The summed E-state index contributed by atoms with van der Waals surface area (Å²) in [5.41, 5.74) is 3.25. The van der Waals surface area contributed by atoms with Gasteiger partial charge in [0, 0.05) is 30.2 Å². The number of aromatic nitrogens is 1. The van der Waals surface area contributed by atoms with Gasteiger partial charge < -0.3 is 9.64 Å². The van der Waals surface area contributed by atoms with Crippen molar-refractivity contribution in [3.8, 4) is 5.75 Å². The molecule has 0 saturated heterocycles. The predicted octanol–water partition coefficient (Wildman–Crippen LogP) is 3.74. The van der Waals surface area contributed by atoms with Crippen molar-refractivity contribution in [1.29, 1.82) is 0 Å². The molecule has 1 aromatic carbocycles. The molecule has 98 valence electrons. The van der Waals surface area contributed by atoms with Gasteiger partial charge in [0.2, 0.25) is 0 Å². The molecular formula is C15H15ClN2O. The Morgan fingerprint density at radius 3 is 3.00 bits per heavy atom. The number of alkyl halides is 1. The number of halogens is 1. The number of rotatable bonds is 2. The first-order valence-corrected chi connectivity index (χ1v) is 6.92. The topological polar surface area (TPSA) is 25.4 Å². The Kier molecular flexibility index (Phi) is 3.56. The Labute approximate surface area is 117 Å². The van der Waals surface area contributed by atoms with Crippen LogP contribution in [0.3, 0.4) is 0 Å². The van der Waals surface area contributed by atoms with Gasteiger partial charge in [0.15, 0.2) is 0 Å². The minimum Gasteiger partial charge on any atom is -0.491 e. The molecule has 1 aliphatic rings. The third-order valence-electron chi connectivity index (χ3n) is 3.25. The molecule has 0 unspecified atom stereocenters. The van der Waals surface area contributed by atoms with E-state index in [4.69, 9.17) is 16.3 Å². The lowest BCUT2D eigenvalue weighted by molar-refractivity contribution is 0.322. The summed E-state index contributed by atoms with van der Waals surface area (Å²) in [5, 5.41) is 0. The first kappa shape index (κ1) is 12.3. The van der Waals surface area contributed by atoms with Gasteiger partial charge in [-0.1, -0.05) is 12.1 Å². The van der Waals surface area contributed by atoms with E-state index in [9.17, 15) is 0 Å². The molecule has 0 N–H and O–H groups in total. The molecule has 0 atom stereocenters. The molecule has 1 aromatic heterocycles. The van der Waals surface area contributed by atoms with Crippen molar-refractivity contribution in [3.63, 3.8) is 0 Å². The molecule has 19 heavy (non-hydrogen) atoms. The number of para-hydroxylation sites is 2. The summed E-state index contributed by atoms with van der Waals surface area (Å²) in [4.78, 5) is 6.41. The second-order valence-corrected chi connectivity index (χ2v) is 4.73. The average molecular weight is 275 g/mol. The molecule has 1 aliphatic heterocycles. The molecule has 0 fully saturated rings. The third kappa shape index (κ3) is 2.38. The highest BCUT2D eigenvalue weighted by Gasteiger charge is 2.19. The molecular weight excluding hydrogens is 260 g/mol. The highest BCUT2D eigenvalue weighted by atomic mass is 35.5. The second-order valence-electron chi connectivity index (χ2n) is 4.46. The fraction of sp³-hybridized carbons (Fsp3) is 0.267. The van der Waals surface area contributed by atoms with E-state index < -0.39 is 0 Å². The molecule has 3 nitrogen and oxygen atoms in total. The minimum absolute atomic E-state index is 0.461. The molecule has 0 radical (unpaired) electrons. The maximum Gasteiger partial charge on any atom is 0.142 e. The van der Waals surface area contributed by atoms with Crippen LogP contribution in [0.1, 0.15) is 12.0 Å². The molecule has 2 aromatic rings. The number of pyridine rings is 1. The summed E-state index contributed by atoms with van der Waals surface area (Å²) in [6, 6.07) is 10.1. The van der Waals surface area contributed by atoms with E-state index in [1.165, 1.54) is 0 Å². The Morgan fingerprint density at radius 2 is 2.11 bits per heavy atom. The van der Waals surface area contributed by atoms with Crippen LogP contribution in [0, 0.1) is 0 Å². The van der Waals surface area contributed by atoms with Crippen LogP contribution in [0.25, 0.3) is 0 Å². The molecule has 0 spiro atoms. The lowest BCUT2D eigenvalue weighted by Gasteiger charge is -2.25. The summed E-state index contributed by atoms with van der Waals surface area (Å²) in [5.74, 6) is 1.39. The fourth-order valence-electron chi connectivity index (χ4n) is 2.36. The van der Waals surface area contributed by atoms with Crippen molar-refractivity contribution >= 4 is 23.0 Å². The van der Waals surface area contributed by atoms with Crippen LogP contribution in [-0.4, -0.2) is 18.1 Å². The van der Waals surface area contributed by atoms with Gasteiger partial charge in [-0.25, -0.2) is 0 Å². The molecule has 2 heterocycles. The first-order valence-electron chi connectivity index (χ1n) is 6.38. The van der Waals surface area contributed by atoms with Crippen molar-refractivity contribution in [1.82, 2.24) is 4.98 Å². The minimum atomic E-state index is 0.461. The summed E-state index contributed by atoms with van der Waals surface area (Å²) in [6.45, 7) is 1.67. The zero-order valence-corrected chi connectivity index (χ0v) is 11.3. The molecule has 0 aliphatic carbocycles. The summed E-state index contributed by atoms with van der Waals surface area (Å²) in [7, 11) is 0. The number of anilines is 2. The standard InChI is InChI=1S/C15H15ClN2O/c16-10-12-11-17-7-6-13(12)18-8-3-9-19-15-5-2-1-4-14(15)18/h1-2,4-7,11H,3,8-10H2. The molecule has 4 heteroatoms. The molecule has 0 saturated carbocycles. The van der Waals surface area contributed by atoms with Crippen LogP contribution >= 0.6 is 11.6 Å². The lowest BCUT2D eigenvalue weighted by atomic mass is 10.2. The van der Waals surface area contributed by atoms with Crippen LogP contribution in [-0.2, 0) is 5.88 Å². The monoisotopic (exact) mass is 274 g/mol. The highest BCUT2D eigenvalue weighted by Crippen LogP contribution is 2.37. The SMILES string of the molecule is ClCc1cnccc1N1CCCOc2ccccc21. The third-order valence-corrected chi connectivity index (χ3v) is 3.54. The maximum atomic E-state index is 6.02. The Balaban J connectivity index is 2.09.